The summed E-state index contributed by atoms with van der Waals surface area (Å²) in [6.45, 7) is 5.64. The zero-order valence-corrected chi connectivity index (χ0v) is 16.6. The molecule has 3 rings (SSSR count). The summed E-state index contributed by atoms with van der Waals surface area (Å²) in [5.41, 5.74) is 2.09. The number of rotatable bonds is 5. The van der Waals surface area contributed by atoms with Crippen LogP contribution in [-0.2, 0) is 22.7 Å². The maximum atomic E-state index is 12.7. The lowest BCUT2D eigenvalue weighted by molar-refractivity contribution is -0.171. The van der Waals surface area contributed by atoms with Crippen molar-refractivity contribution in [3.05, 3.63) is 35.4 Å². The Bertz CT molecular complexity index is 721. The largest absolute Gasteiger partial charge is 0.408 e. The van der Waals surface area contributed by atoms with Crippen LogP contribution in [0.4, 0.5) is 13.2 Å². The lowest BCUT2D eigenvalue weighted by Gasteiger charge is -2.30. The Balaban J connectivity index is 1.46. The minimum atomic E-state index is -4.48. The molecule has 3 atom stereocenters. The van der Waals surface area contributed by atoms with E-state index in [1.165, 1.54) is 18.4 Å². The Labute approximate surface area is 169 Å². The Kier molecular flexibility index (Phi) is 6.82. The molecular formula is C21H28F3N3O2. The van der Waals surface area contributed by atoms with Crippen molar-refractivity contribution in [1.82, 2.24) is 15.5 Å². The van der Waals surface area contributed by atoms with E-state index in [9.17, 15) is 22.8 Å². The van der Waals surface area contributed by atoms with Gasteiger partial charge in [-0.05, 0) is 49.3 Å². The molecule has 0 bridgehead atoms. The molecule has 3 unspecified atom stereocenters. The first kappa shape index (κ1) is 21.6. The highest BCUT2D eigenvalue weighted by Gasteiger charge is 2.45. The van der Waals surface area contributed by atoms with Crippen molar-refractivity contribution in [3.63, 3.8) is 0 Å². The van der Waals surface area contributed by atoms with Crippen molar-refractivity contribution in [1.29, 1.82) is 0 Å². The molecule has 2 aliphatic heterocycles. The van der Waals surface area contributed by atoms with Gasteiger partial charge in [0.1, 0.15) is 12.0 Å². The zero-order valence-electron chi connectivity index (χ0n) is 16.6. The number of piperidine rings is 2. The number of hydrogen-bond donors (Lipinski definition) is 2. The van der Waals surface area contributed by atoms with Gasteiger partial charge in [-0.15, -0.1) is 0 Å². The second-order valence-electron chi connectivity index (χ2n) is 8.25. The normalized spacial score (nSPS) is 26.1. The third-order valence-electron chi connectivity index (χ3n) is 5.73. The molecule has 1 aromatic carbocycles. The Morgan fingerprint density at radius 2 is 1.86 bits per heavy atom. The summed E-state index contributed by atoms with van der Waals surface area (Å²) in [5, 5.41) is 4.57. The van der Waals surface area contributed by atoms with Gasteiger partial charge >= 0.3 is 6.18 Å². The predicted molar refractivity (Wildman–Crippen MR) is 103 cm³/mol. The van der Waals surface area contributed by atoms with Crippen molar-refractivity contribution >= 4 is 11.8 Å². The monoisotopic (exact) mass is 411 g/mol. The first-order valence-corrected chi connectivity index (χ1v) is 10.2. The van der Waals surface area contributed by atoms with Crippen molar-refractivity contribution < 1.29 is 22.8 Å². The number of amides is 2. The summed E-state index contributed by atoms with van der Waals surface area (Å²) in [6, 6.07) is 6.06. The molecule has 29 heavy (non-hydrogen) atoms. The van der Waals surface area contributed by atoms with E-state index in [2.05, 4.69) is 17.1 Å². The van der Waals surface area contributed by atoms with Crippen LogP contribution in [0.5, 0.6) is 0 Å². The maximum absolute atomic E-state index is 12.7. The Morgan fingerprint density at radius 1 is 1.17 bits per heavy atom. The molecule has 160 valence electrons. The van der Waals surface area contributed by atoms with Gasteiger partial charge in [-0.2, -0.15) is 13.2 Å². The van der Waals surface area contributed by atoms with Gasteiger partial charge in [0, 0.05) is 19.6 Å². The minimum absolute atomic E-state index is 0.102. The van der Waals surface area contributed by atoms with Gasteiger partial charge in [0.05, 0.1) is 0 Å². The van der Waals surface area contributed by atoms with E-state index < -0.39 is 30.0 Å². The molecular weight excluding hydrogens is 383 g/mol. The summed E-state index contributed by atoms with van der Waals surface area (Å²) >= 11 is 0. The van der Waals surface area contributed by atoms with Crippen molar-refractivity contribution in [2.75, 3.05) is 13.1 Å². The van der Waals surface area contributed by atoms with Crippen LogP contribution in [0, 0.1) is 11.8 Å². The molecule has 1 aromatic rings. The number of benzene rings is 1. The lowest BCUT2D eigenvalue weighted by atomic mass is 9.92. The van der Waals surface area contributed by atoms with Gasteiger partial charge in [0.15, 0.2) is 0 Å². The second kappa shape index (κ2) is 9.15. The summed E-state index contributed by atoms with van der Waals surface area (Å²) in [4.78, 5) is 26.6. The molecule has 2 heterocycles. The van der Waals surface area contributed by atoms with Gasteiger partial charge in [0.2, 0.25) is 11.8 Å². The number of likely N-dealkylation sites (tertiary alicyclic amines) is 1. The Morgan fingerprint density at radius 3 is 2.48 bits per heavy atom. The predicted octanol–water partition coefficient (Wildman–Crippen LogP) is 2.99. The molecule has 2 amide bonds. The number of halogens is 3. The fourth-order valence-corrected chi connectivity index (χ4v) is 4.07. The maximum Gasteiger partial charge on any atom is 0.408 e. The average Bonchev–Trinajstić information content (AvgIpc) is 2.66. The standard InChI is InChI=1S/C21H28F3N3O2/c1-14-3-2-10-27(12-14)13-16-6-4-15(5-7-16)11-25-19(28)17-8-9-18(21(22,23)24)26-20(17)29/h4-7,14,17-18H,2-3,8-13H2,1H3,(H,25,28)(H,26,29). The van der Waals surface area contributed by atoms with Crippen LogP contribution in [0.3, 0.4) is 0 Å². The van der Waals surface area contributed by atoms with Crippen LogP contribution in [-0.4, -0.2) is 42.0 Å². The molecule has 8 heteroatoms. The van der Waals surface area contributed by atoms with Crippen molar-refractivity contribution in [2.45, 2.75) is 57.9 Å². The summed E-state index contributed by atoms with van der Waals surface area (Å²) < 4.78 is 38.1. The van der Waals surface area contributed by atoms with Crippen LogP contribution in [0.1, 0.15) is 43.7 Å². The first-order chi connectivity index (χ1) is 13.7. The zero-order chi connectivity index (χ0) is 21.0. The molecule has 0 aromatic heterocycles. The van der Waals surface area contributed by atoms with E-state index in [-0.39, 0.29) is 19.4 Å². The third-order valence-corrected chi connectivity index (χ3v) is 5.73. The molecule has 2 fully saturated rings. The van der Waals surface area contributed by atoms with E-state index in [1.807, 2.05) is 29.6 Å². The van der Waals surface area contributed by atoms with Crippen LogP contribution >= 0.6 is 0 Å². The highest BCUT2D eigenvalue weighted by molar-refractivity contribution is 6.00. The molecule has 0 spiro atoms. The number of hydrogen-bond acceptors (Lipinski definition) is 3. The van der Waals surface area contributed by atoms with E-state index in [4.69, 9.17) is 0 Å². The van der Waals surface area contributed by atoms with Gasteiger partial charge in [0.25, 0.3) is 0 Å². The van der Waals surface area contributed by atoms with E-state index in [1.54, 1.807) is 0 Å². The molecule has 0 aliphatic carbocycles. The van der Waals surface area contributed by atoms with Gasteiger partial charge < -0.3 is 10.6 Å². The second-order valence-corrected chi connectivity index (χ2v) is 8.25. The smallest absolute Gasteiger partial charge is 0.351 e. The fourth-order valence-electron chi connectivity index (χ4n) is 4.07. The third kappa shape index (κ3) is 5.95. The van der Waals surface area contributed by atoms with Gasteiger partial charge in [-0.1, -0.05) is 31.2 Å². The van der Waals surface area contributed by atoms with Gasteiger partial charge in [-0.25, -0.2) is 0 Å². The van der Waals surface area contributed by atoms with Crippen molar-refractivity contribution in [2.24, 2.45) is 11.8 Å². The SMILES string of the molecule is CC1CCCN(Cc2ccc(CNC(=O)C3CCC(C(F)(F)F)NC3=O)cc2)C1. The molecule has 0 saturated carbocycles. The molecule has 2 N–H and O–H groups in total. The minimum Gasteiger partial charge on any atom is -0.351 e. The molecule has 5 nitrogen and oxygen atoms in total. The molecule has 2 aliphatic rings. The molecule has 0 radical (unpaired) electrons. The van der Waals surface area contributed by atoms with E-state index in [0.29, 0.717) is 0 Å². The van der Waals surface area contributed by atoms with E-state index >= 15 is 0 Å². The van der Waals surface area contributed by atoms with Crippen LogP contribution in [0.25, 0.3) is 0 Å². The Hall–Kier alpha value is -2.09. The number of carbonyl (C=O) groups is 2. The average molecular weight is 411 g/mol. The summed E-state index contributed by atoms with van der Waals surface area (Å²) in [7, 11) is 0. The quantitative estimate of drug-likeness (QED) is 0.733. The van der Waals surface area contributed by atoms with Crippen LogP contribution < -0.4 is 10.6 Å². The van der Waals surface area contributed by atoms with Crippen LogP contribution in [0.15, 0.2) is 24.3 Å². The summed E-state index contributed by atoms with van der Waals surface area (Å²) in [5.74, 6) is -1.74. The van der Waals surface area contributed by atoms with Crippen LogP contribution in [0.2, 0.25) is 0 Å². The van der Waals surface area contributed by atoms with Gasteiger partial charge in [-0.3, -0.25) is 14.5 Å². The summed E-state index contributed by atoms with van der Waals surface area (Å²) in [6.07, 6.45) is -2.36. The number of nitrogens with zero attached hydrogens (tertiary/aromatic N) is 1. The number of alkyl halides is 3. The number of nitrogens with one attached hydrogen (secondary N) is 2. The lowest BCUT2D eigenvalue weighted by Crippen LogP contribution is -2.54. The van der Waals surface area contributed by atoms with Crippen molar-refractivity contribution in [3.8, 4) is 0 Å². The highest BCUT2D eigenvalue weighted by atomic mass is 19.4. The fraction of sp³-hybridized carbons (Fsp3) is 0.619. The molecule has 2 saturated heterocycles. The first-order valence-electron chi connectivity index (χ1n) is 10.2. The van der Waals surface area contributed by atoms with E-state index in [0.717, 1.165) is 31.1 Å². The highest BCUT2D eigenvalue weighted by Crippen LogP contribution is 2.28. The topological polar surface area (TPSA) is 61.4 Å². The number of carbonyl (C=O) groups excluding carboxylic acids is 2.